The standard InChI is InChI=1S/C13H13BrN4O/c1-8-7-12(17-15-8)13(19)18-16-9(2)10-3-5-11(14)6-4-10/h3-7H,1-2H3,(H,15,17)(H,18,19). The minimum Gasteiger partial charge on any atom is -0.282 e. The van der Waals surface area contributed by atoms with Crippen LogP contribution >= 0.6 is 15.9 Å². The molecule has 1 aromatic heterocycles. The van der Waals surface area contributed by atoms with Crippen LogP contribution in [0.2, 0.25) is 0 Å². The second-order valence-electron chi connectivity index (χ2n) is 4.08. The van der Waals surface area contributed by atoms with Crippen LogP contribution in [0.25, 0.3) is 0 Å². The number of benzene rings is 1. The summed E-state index contributed by atoms with van der Waals surface area (Å²) < 4.78 is 1.00. The number of nitrogens with one attached hydrogen (secondary N) is 2. The normalized spacial score (nSPS) is 11.4. The van der Waals surface area contributed by atoms with Crippen LogP contribution in [0.4, 0.5) is 0 Å². The van der Waals surface area contributed by atoms with Crippen molar-refractivity contribution >= 4 is 27.5 Å². The van der Waals surface area contributed by atoms with Gasteiger partial charge in [-0.25, -0.2) is 5.43 Å². The lowest BCUT2D eigenvalue weighted by atomic mass is 10.1. The molecule has 2 N–H and O–H groups in total. The number of hydrogen-bond acceptors (Lipinski definition) is 3. The summed E-state index contributed by atoms with van der Waals surface area (Å²) in [5, 5.41) is 10.6. The average molecular weight is 321 g/mol. The van der Waals surface area contributed by atoms with Crippen LogP contribution in [-0.2, 0) is 0 Å². The van der Waals surface area contributed by atoms with Crippen molar-refractivity contribution in [3.63, 3.8) is 0 Å². The summed E-state index contributed by atoms with van der Waals surface area (Å²) in [6.45, 7) is 3.67. The number of hydrogen-bond donors (Lipinski definition) is 2. The molecule has 0 spiro atoms. The monoisotopic (exact) mass is 320 g/mol. The molecular formula is C13H13BrN4O. The van der Waals surface area contributed by atoms with Gasteiger partial charge in [-0.2, -0.15) is 10.2 Å². The summed E-state index contributed by atoms with van der Waals surface area (Å²) in [7, 11) is 0. The number of aromatic amines is 1. The predicted octanol–water partition coefficient (Wildman–Crippen LogP) is 2.63. The average Bonchev–Trinajstić information content (AvgIpc) is 2.83. The summed E-state index contributed by atoms with van der Waals surface area (Å²) in [5.74, 6) is -0.333. The smallest absolute Gasteiger partial charge is 0.282 e. The number of H-pyrrole nitrogens is 1. The van der Waals surface area contributed by atoms with Gasteiger partial charge in [0.2, 0.25) is 0 Å². The first-order valence-corrected chi connectivity index (χ1v) is 6.48. The lowest BCUT2D eigenvalue weighted by Gasteiger charge is -2.01. The number of amides is 1. The van der Waals surface area contributed by atoms with E-state index >= 15 is 0 Å². The zero-order valence-corrected chi connectivity index (χ0v) is 12.2. The van der Waals surface area contributed by atoms with Gasteiger partial charge in [-0.1, -0.05) is 28.1 Å². The van der Waals surface area contributed by atoms with Gasteiger partial charge in [-0.05, 0) is 37.6 Å². The number of halogens is 1. The van der Waals surface area contributed by atoms with E-state index in [9.17, 15) is 4.79 Å². The molecule has 0 saturated heterocycles. The zero-order chi connectivity index (χ0) is 13.8. The van der Waals surface area contributed by atoms with Gasteiger partial charge in [0.1, 0.15) is 0 Å². The van der Waals surface area contributed by atoms with Crippen molar-refractivity contribution in [1.82, 2.24) is 15.6 Å². The second kappa shape index (κ2) is 5.79. The van der Waals surface area contributed by atoms with E-state index in [2.05, 4.69) is 36.7 Å². The van der Waals surface area contributed by atoms with Crippen molar-refractivity contribution in [2.24, 2.45) is 5.10 Å². The maximum atomic E-state index is 11.7. The second-order valence-corrected chi connectivity index (χ2v) is 5.00. The molecule has 5 nitrogen and oxygen atoms in total. The van der Waals surface area contributed by atoms with E-state index in [0.717, 1.165) is 21.4 Å². The first kappa shape index (κ1) is 13.5. The minimum atomic E-state index is -0.333. The van der Waals surface area contributed by atoms with Crippen LogP contribution in [0.5, 0.6) is 0 Å². The highest BCUT2D eigenvalue weighted by atomic mass is 79.9. The Morgan fingerprint density at radius 1 is 1.37 bits per heavy atom. The van der Waals surface area contributed by atoms with E-state index in [1.165, 1.54) is 0 Å². The summed E-state index contributed by atoms with van der Waals surface area (Å²) in [6.07, 6.45) is 0. The number of carbonyl (C=O) groups is 1. The van der Waals surface area contributed by atoms with Gasteiger partial charge in [-0.3, -0.25) is 9.89 Å². The summed E-state index contributed by atoms with van der Waals surface area (Å²) in [4.78, 5) is 11.7. The maximum absolute atomic E-state index is 11.7. The van der Waals surface area contributed by atoms with Crippen molar-refractivity contribution in [1.29, 1.82) is 0 Å². The third-order valence-electron chi connectivity index (χ3n) is 2.53. The molecule has 0 atom stereocenters. The Bertz CT molecular complexity index is 616. The molecule has 1 amide bonds. The number of nitrogens with zero attached hydrogens (tertiary/aromatic N) is 2. The van der Waals surface area contributed by atoms with Gasteiger partial charge in [0, 0.05) is 10.2 Å². The van der Waals surface area contributed by atoms with Gasteiger partial charge < -0.3 is 0 Å². The molecule has 0 aliphatic rings. The highest BCUT2D eigenvalue weighted by Gasteiger charge is 2.08. The number of hydrazone groups is 1. The van der Waals surface area contributed by atoms with E-state index < -0.39 is 0 Å². The molecule has 2 rings (SSSR count). The molecular weight excluding hydrogens is 308 g/mol. The van der Waals surface area contributed by atoms with E-state index in [4.69, 9.17) is 0 Å². The molecule has 0 bridgehead atoms. The number of aromatic nitrogens is 2. The van der Waals surface area contributed by atoms with E-state index in [1.54, 1.807) is 6.07 Å². The first-order chi connectivity index (χ1) is 9.06. The third kappa shape index (κ3) is 3.51. The maximum Gasteiger partial charge on any atom is 0.291 e. The SMILES string of the molecule is CC(=NNC(=O)c1cc(C)[nH]n1)c1ccc(Br)cc1. The third-order valence-corrected chi connectivity index (χ3v) is 3.05. The van der Waals surface area contributed by atoms with Gasteiger partial charge in [0.15, 0.2) is 5.69 Å². The highest BCUT2D eigenvalue weighted by molar-refractivity contribution is 9.10. The van der Waals surface area contributed by atoms with Crippen LogP contribution in [0, 0.1) is 6.92 Å². The Morgan fingerprint density at radius 3 is 2.63 bits per heavy atom. The fourth-order valence-corrected chi connectivity index (χ4v) is 1.75. The van der Waals surface area contributed by atoms with Crippen molar-refractivity contribution in [3.05, 3.63) is 51.8 Å². The Balaban J connectivity index is 2.06. The van der Waals surface area contributed by atoms with Crippen LogP contribution in [0.1, 0.15) is 28.7 Å². The Morgan fingerprint density at radius 2 is 2.05 bits per heavy atom. The van der Waals surface area contributed by atoms with Crippen molar-refractivity contribution in [3.8, 4) is 0 Å². The van der Waals surface area contributed by atoms with Crippen LogP contribution < -0.4 is 5.43 Å². The molecule has 6 heteroatoms. The molecule has 0 aliphatic carbocycles. The van der Waals surface area contributed by atoms with Crippen molar-refractivity contribution in [2.45, 2.75) is 13.8 Å². The summed E-state index contributed by atoms with van der Waals surface area (Å²) in [5.41, 5.74) is 5.31. The molecule has 2 aromatic rings. The first-order valence-electron chi connectivity index (χ1n) is 5.69. The van der Waals surface area contributed by atoms with Crippen LogP contribution in [-0.4, -0.2) is 21.8 Å². The van der Waals surface area contributed by atoms with Crippen molar-refractivity contribution < 1.29 is 4.79 Å². The Hall–Kier alpha value is -1.95. The minimum absolute atomic E-state index is 0.324. The Kier molecular flexibility index (Phi) is 4.11. The molecule has 0 unspecified atom stereocenters. The van der Waals surface area contributed by atoms with Crippen LogP contribution in [0.15, 0.2) is 39.9 Å². The molecule has 0 radical (unpaired) electrons. The Labute approximate surface area is 119 Å². The van der Waals surface area contributed by atoms with Gasteiger partial charge in [-0.15, -0.1) is 0 Å². The van der Waals surface area contributed by atoms with Gasteiger partial charge in [0.25, 0.3) is 5.91 Å². The lowest BCUT2D eigenvalue weighted by molar-refractivity contribution is 0.0950. The highest BCUT2D eigenvalue weighted by Crippen LogP contribution is 2.11. The molecule has 1 aromatic carbocycles. The summed E-state index contributed by atoms with van der Waals surface area (Å²) >= 11 is 3.37. The molecule has 0 saturated carbocycles. The molecule has 98 valence electrons. The largest absolute Gasteiger partial charge is 0.291 e. The molecule has 0 aliphatic heterocycles. The fraction of sp³-hybridized carbons (Fsp3) is 0.154. The number of carbonyl (C=O) groups excluding carboxylic acids is 1. The number of aryl methyl sites for hydroxylation is 1. The number of rotatable bonds is 3. The topological polar surface area (TPSA) is 70.1 Å². The van der Waals surface area contributed by atoms with E-state index in [1.807, 2.05) is 38.1 Å². The van der Waals surface area contributed by atoms with E-state index in [0.29, 0.717) is 5.69 Å². The molecule has 1 heterocycles. The van der Waals surface area contributed by atoms with Gasteiger partial charge in [0.05, 0.1) is 5.71 Å². The fourth-order valence-electron chi connectivity index (χ4n) is 1.48. The van der Waals surface area contributed by atoms with E-state index in [-0.39, 0.29) is 5.91 Å². The lowest BCUT2D eigenvalue weighted by Crippen LogP contribution is -2.19. The summed E-state index contributed by atoms with van der Waals surface area (Å²) in [6, 6.07) is 9.36. The molecule has 19 heavy (non-hydrogen) atoms. The van der Waals surface area contributed by atoms with Gasteiger partial charge >= 0.3 is 0 Å². The zero-order valence-electron chi connectivity index (χ0n) is 10.6. The van der Waals surface area contributed by atoms with Crippen molar-refractivity contribution in [2.75, 3.05) is 0 Å². The van der Waals surface area contributed by atoms with Crippen LogP contribution in [0.3, 0.4) is 0 Å². The quantitative estimate of drug-likeness (QED) is 0.674. The predicted molar refractivity (Wildman–Crippen MR) is 77.1 cm³/mol. The molecule has 0 fully saturated rings.